The first kappa shape index (κ1) is 22.4. The van der Waals surface area contributed by atoms with Crippen molar-refractivity contribution in [1.82, 2.24) is 0 Å². The van der Waals surface area contributed by atoms with E-state index >= 15 is 0 Å². The Morgan fingerprint density at radius 3 is 0.857 bits per heavy atom. The second-order valence-electron chi connectivity index (χ2n) is 0.707. The maximum Gasteiger partial charge on any atom is 0 e. The van der Waals surface area contributed by atoms with Crippen molar-refractivity contribution in [3.8, 4) is 0 Å². The largest absolute Gasteiger partial charge is 0.346 e. The van der Waals surface area contributed by atoms with E-state index in [2.05, 4.69) is 13.8 Å². The van der Waals surface area contributed by atoms with E-state index in [0.29, 0.717) is 0 Å². The van der Waals surface area contributed by atoms with Gasteiger partial charge in [0.15, 0.2) is 0 Å². The molecule has 0 aromatic carbocycles. The zero-order valence-electron chi connectivity index (χ0n) is 4.56. The van der Waals surface area contributed by atoms with Gasteiger partial charge in [-0.05, 0) is 0 Å². The third-order valence-electron chi connectivity index (χ3n) is 0.250. The predicted molar refractivity (Wildman–Crippen MR) is 19.9 cm³/mol. The molecule has 0 fully saturated rings. The fourth-order valence-corrected chi connectivity index (χ4v) is 0. The van der Waals surface area contributed by atoms with Crippen molar-refractivity contribution in [3.63, 3.8) is 0 Å². The van der Waals surface area contributed by atoms with Crippen LogP contribution in [0.4, 0.5) is 0 Å². The standard InChI is InChI=1S/C4H8.3Y/c1-3-4-2;;;/h1-4H2;;;/q-2;;;. The number of rotatable bonds is 1. The fourth-order valence-electron chi connectivity index (χ4n) is 0. The summed E-state index contributed by atoms with van der Waals surface area (Å²) in [5, 5.41) is 0. The Morgan fingerprint density at radius 2 is 0.857 bits per heavy atom. The maximum atomic E-state index is 3.54. The van der Waals surface area contributed by atoms with E-state index in [1.165, 1.54) is 0 Å². The van der Waals surface area contributed by atoms with Crippen LogP contribution in [0.1, 0.15) is 12.8 Å². The molecule has 35 valence electrons. The molecule has 0 atom stereocenters. The molecule has 0 bridgehead atoms. The molecule has 7 heavy (non-hydrogen) atoms. The van der Waals surface area contributed by atoms with Gasteiger partial charge in [-0.3, -0.25) is 0 Å². The zero-order valence-corrected chi connectivity index (χ0v) is 13.1. The Hall–Kier alpha value is 3.31. The van der Waals surface area contributed by atoms with Crippen molar-refractivity contribution in [2.45, 2.75) is 12.8 Å². The van der Waals surface area contributed by atoms with E-state index in [1.807, 2.05) is 0 Å². The summed E-state index contributed by atoms with van der Waals surface area (Å²) < 4.78 is 0. The Labute approximate surface area is 122 Å². The van der Waals surface area contributed by atoms with Crippen LogP contribution in [0.5, 0.6) is 0 Å². The van der Waals surface area contributed by atoms with Crippen LogP contribution in [0, 0.1) is 13.8 Å². The number of hydrogen-bond acceptors (Lipinski definition) is 0. The SMILES string of the molecule is [CH2-]CC[CH2-].[Y].[Y].[Y]. The van der Waals surface area contributed by atoms with E-state index in [4.69, 9.17) is 0 Å². The second kappa shape index (κ2) is 22.8. The van der Waals surface area contributed by atoms with Gasteiger partial charge < -0.3 is 13.8 Å². The van der Waals surface area contributed by atoms with Crippen LogP contribution in [0.3, 0.4) is 0 Å². The molecular formula is C4H8Y3-2. The van der Waals surface area contributed by atoms with Gasteiger partial charge in [0.2, 0.25) is 0 Å². The van der Waals surface area contributed by atoms with E-state index in [0.717, 1.165) is 12.8 Å². The first-order valence-corrected chi connectivity index (χ1v) is 1.50. The van der Waals surface area contributed by atoms with Gasteiger partial charge >= 0.3 is 0 Å². The summed E-state index contributed by atoms with van der Waals surface area (Å²) in [6.07, 6.45) is 1.92. The van der Waals surface area contributed by atoms with Crippen LogP contribution >= 0.6 is 0 Å². The van der Waals surface area contributed by atoms with Gasteiger partial charge in [-0.1, -0.05) is 0 Å². The van der Waals surface area contributed by atoms with Crippen LogP contribution in [0.2, 0.25) is 0 Å². The third-order valence-corrected chi connectivity index (χ3v) is 0.250. The summed E-state index contributed by atoms with van der Waals surface area (Å²) in [5.74, 6) is 0. The van der Waals surface area contributed by atoms with Crippen molar-refractivity contribution >= 4 is 0 Å². The Bertz CT molecular complexity index is 8.90. The summed E-state index contributed by atoms with van der Waals surface area (Å²) in [7, 11) is 0. The van der Waals surface area contributed by atoms with E-state index in [-0.39, 0.29) is 98.1 Å². The molecule has 0 spiro atoms. The minimum atomic E-state index is 0. The first-order valence-electron chi connectivity index (χ1n) is 1.50. The summed E-state index contributed by atoms with van der Waals surface area (Å²) in [6.45, 7) is 7.08. The van der Waals surface area contributed by atoms with Gasteiger partial charge in [0.05, 0.1) is 0 Å². The summed E-state index contributed by atoms with van der Waals surface area (Å²) in [5.41, 5.74) is 0. The molecule has 0 heterocycles. The Morgan fingerprint density at radius 1 is 0.714 bits per heavy atom. The number of hydrogen-bond donors (Lipinski definition) is 0. The van der Waals surface area contributed by atoms with Gasteiger partial charge in [0.1, 0.15) is 0 Å². The molecule has 0 amide bonds. The first-order chi connectivity index (χ1) is 1.91. The fraction of sp³-hybridized carbons (Fsp3) is 0.500. The zero-order chi connectivity index (χ0) is 3.41. The average Bonchev–Trinajstić information content (AvgIpc) is 1.37. The van der Waals surface area contributed by atoms with Crippen LogP contribution in [0.15, 0.2) is 0 Å². The van der Waals surface area contributed by atoms with Crippen LogP contribution in [0.25, 0.3) is 0 Å². The minimum Gasteiger partial charge on any atom is -0.346 e. The van der Waals surface area contributed by atoms with E-state index in [1.54, 1.807) is 0 Å². The molecule has 0 aliphatic carbocycles. The van der Waals surface area contributed by atoms with Crippen LogP contribution in [-0.2, 0) is 98.1 Å². The molecule has 0 saturated carbocycles. The molecule has 3 heteroatoms. The van der Waals surface area contributed by atoms with Crippen molar-refractivity contribution in [2.24, 2.45) is 0 Å². The summed E-state index contributed by atoms with van der Waals surface area (Å²) in [4.78, 5) is 0. The van der Waals surface area contributed by atoms with E-state index in [9.17, 15) is 0 Å². The van der Waals surface area contributed by atoms with Gasteiger partial charge in [0, 0.05) is 98.1 Å². The quantitative estimate of drug-likeness (QED) is 0.641. The normalized spacial score (nSPS) is 4.29. The molecule has 0 aliphatic rings. The molecule has 3 radical (unpaired) electrons. The van der Waals surface area contributed by atoms with Crippen molar-refractivity contribution in [1.29, 1.82) is 0 Å². The van der Waals surface area contributed by atoms with Gasteiger partial charge in [-0.15, -0.1) is 0 Å². The van der Waals surface area contributed by atoms with Crippen molar-refractivity contribution < 1.29 is 98.1 Å². The number of unbranched alkanes of at least 4 members (excludes halogenated alkanes) is 1. The molecule has 0 aromatic heterocycles. The average molecular weight is 323 g/mol. The van der Waals surface area contributed by atoms with Gasteiger partial charge in [-0.2, -0.15) is 0 Å². The summed E-state index contributed by atoms with van der Waals surface area (Å²) >= 11 is 0. The van der Waals surface area contributed by atoms with Crippen molar-refractivity contribution in [2.75, 3.05) is 0 Å². The molecule has 0 saturated heterocycles. The molecule has 0 aliphatic heterocycles. The third kappa shape index (κ3) is 26.8. The van der Waals surface area contributed by atoms with Gasteiger partial charge in [0.25, 0.3) is 0 Å². The molecular weight excluding hydrogens is 315 g/mol. The Balaban J connectivity index is -0.0000000150. The Kier molecular flexibility index (Phi) is 73.1. The molecule has 0 rings (SSSR count). The van der Waals surface area contributed by atoms with Crippen LogP contribution < -0.4 is 0 Å². The topological polar surface area (TPSA) is 0 Å². The van der Waals surface area contributed by atoms with E-state index < -0.39 is 0 Å². The maximum absolute atomic E-state index is 3.54. The van der Waals surface area contributed by atoms with Crippen LogP contribution in [-0.4, -0.2) is 0 Å². The summed E-state index contributed by atoms with van der Waals surface area (Å²) in [6, 6.07) is 0. The molecule has 0 N–H and O–H groups in total. The monoisotopic (exact) mass is 323 g/mol. The predicted octanol–water partition coefficient (Wildman–Crippen LogP) is 1.43. The molecule has 0 aromatic rings. The minimum absolute atomic E-state index is 0. The molecule has 0 nitrogen and oxygen atoms in total. The van der Waals surface area contributed by atoms with Gasteiger partial charge in [-0.25, -0.2) is 12.8 Å². The molecule has 0 unspecified atom stereocenters. The van der Waals surface area contributed by atoms with Crippen molar-refractivity contribution in [3.05, 3.63) is 13.8 Å². The smallest absolute Gasteiger partial charge is 0 e. The second-order valence-corrected chi connectivity index (χ2v) is 0.707.